The zero-order chi connectivity index (χ0) is 19.3. The molecule has 0 bridgehead atoms. The molecule has 0 fully saturated rings. The number of benzene rings is 2. The standard InChI is InChI=1S/C23H18N4O/c24-14-19-8-6-18(7-9-19)12-22-15-25-17-26(22)16-20-10-11-27(23(28)13-20)21-4-2-1-3-5-21/h1-11,13,15,17H,12,16H2. The van der Waals surface area contributed by atoms with Crippen LogP contribution in [-0.4, -0.2) is 14.1 Å². The maximum atomic E-state index is 12.5. The minimum Gasteiger partial charge on any atom is -0.330 e. The first-order valence-electron chi connectivity index (χ1n) is 8.98. The van der Waals surface area contributed by atoms with E-state index < -0.39 is 0 Å². The van der Waals surface area contributed by atoms with Gasteiger partial charge in [-0.05, 0) is 41.5 Å². The SMILES string of the molecule is N#Cc1ccc(Cc2cncn2Cc2ccn(-c3ccccc3)c(=O)c2)cc1. The van der Waals surface area contributed by atoms with Gasteiger partial charge in [-0.1, -0.05) is 30.3 Å². The van der Waals surface area contributed by atoms with Crippen molar-refractivity contribution >= 4 is 0 Å². The van der Waals surface area contributed by atoms with Crippen LogP contribution in [0, 0.1) is 11.3 Å². The van der Waals surface area contributed by atoms with Crippen LogP contribution < -0.4 is 5.56 Å². The van der Waals surface area contributed by atoms with Crippen LogP contribution in [0.4, 0.5) is 0 Å². The maximum Gasteiger partial charge on any atom is 0.255 e. The first-order chi connectivity index (χ1) is 13.7. The summed E-state index contributed by atoms with van der Waals surface area (Å²) in [5.41, 5.74) is 4.53. The van der Waals surface area contributed by atoms with Gasteiger partial charge in [0.15, 0.2) is 0 Å². The number of nitrogens with zero attached hydrogens (tertiary/aromatic N) is 4. The first kappa shape index (κ1) is 17.5. The van der Waals surface area contributed by atoms with Crippen LogP contribution in [-0.2, 0) is 13.0 Å². The van der Waals surface area contributed by atoms with E-state index in [2.05, 4.69) is 11.1 Å². The van der Waals surface area contributed by atoms with E-state index in [9.17, 15) is 4.79 Å². The average molecular weight is 366 g/mol. The molecule has 5 heteroatoms. The predicted molar refractivity (Wildman–Crippen MR) is 107 cm³/mol. The highest BCUT2D eigenvalue weighted by Gasteiger charge is 2.07. The molecule has 5 nitrogen and oxygen atoms in total. The van der Waals surface area contributed by atoms with E-state index in [1.54, 1.807) is 17.0 Å². The van der Waals surface area contributed by atoms with Crippen molar-refractivity contribution in [3.63, 3.8) is 0 Å². The summed E-state index contributed by atoms with van der Waals surface area (Å²) in [5, 5.41) is 8.92. The molecule has 136 valence electrons. The molecule has 28 heavy (non-hydrogen) atoms. The van der Waals surface area contributed by atoms with Crippen molar-refractivity contribution in [1.29, 1.82) is 5.26 Å². The van der Waals surface area contributed by atoms with Crippen LogP contribution in [0.1, 0.15) is 22.4 Å². The number of nitriles is 1. The Kier molecular flexibility index (Phi) is 4.85. The Morgan fingerprint density at radius 2 is 1.75 bits per heavy atom. The second-order valence-corrected chi connectivity index (χ2v) is 6.58. The first-order valence-corrected chi connectivity index (χ1v) is 8.98. The number of imidazole rings is 1. The lowest BCUT2D eigenvalue weighted by molar-refractivity contribution is 0.749. The third-order valence-corrected chi connectivity index (χ3v) is 4.64. The molecular formula is C23H18N4O. The molecule has 0 spiro atoms. The molecule has 0 saturated carbocycles. The topological polar surface area (TPSA) is 63.6 Å². The lowest BCUT2D eigenvalue weighted by Crippen LogP contribution is -2.18. The smallest absolute Gasteiger partial charge is 0.255 e. The number of hydrogen-bond acceptors (Lipinski definition) is 3. The zero-order valence-electron chi connectivity index (χ0n) is 15.2. The van der Waals surface area contributed by atoms with Crippen LogP contribution >= 0.6 is 0 Å². The van der Waals surface area contributed by atoms with Crippen LogP contribution in [0.25, 0.3) is 5.69 Å². The minimum absolute atomic E-state index is 0.0579. The van der Waals surface area contributed by atoms with Gasteiger partial charge in [-0.15, -0.1) is 0 Å². The van der Waals surface area contributed by atoms with Gasteiger partial charge in [0.1, 0.15) is 0 Å². The van der Waals surface area contributed by atoms with Crippen LogP contribution in [0.3, 0.4) is 0 Å². The van der Waals surface area contributed by atoms with E-state index in [0.29, 0.717) is 18.5 Å². The fourth-order valence-electron chi connectivity index (χ4n) is 3.16. The summed E-state index contributed by atoms with van der Waals surface area (Å²) < 4.78 is 3.68. The van der Waals surface area contributed by atoms with Gasteiger partial charge < -0.3 is 4.57 Å². The number of hydrogen-bond donors (Lipinski definition) is 0. The molecule has 0 saturated heterocycles. The molecule has 2 aromatic carbocycles. The van der Waals surface area contributed by atoms with Crippen molar-refractivity contribution in [3.05, 3.63) is 118 Å². The Morgan fingerprint density at radius 1 is 0.964 bits per heavy atom. The highest BCUT2D eigenvalue weighted by Crippen LogP contribution is 2.13. The molecule has 0 amide bonds. The van der Waals surface area contributed by atoms with Crippen molar-refractivity contribution in [2.75, 3.05) is 0 Å². The van der Waals surface area contributed by atoms with Crippen molar-refractivity contribution in [1.82, 2.24) is 14.1 Å². The largest absolute Gasteiger partial charge is 0.330 e. The summed E-state index contributed by atoms with van der Waals surface area (Å²) >= 11 is 0. The van der Waals surface area contributed by atoms with Gasteiger partial charge in [0, 0.05) is 42.8 Å². The second kappa shape index (κ2) is 7.77. The summed E-state index contributed by atoms with van der Waals surface area (Å²) in [6, 6.07) is 22.9. The second-order valence-electron chi connectivity index (χ2n) is 6.58. The predicted octanol–water partition coefficient (Wildman–Crippen LogP) is 3.54. The van der Waals surface area contributed by atoms with E-state index >= 15 is 0 Å². The summed E-state index contributed by atoms with van der Waals surface area (Å²) in [6.45, 7) is 0.580. The quantitative estimate of drug-likeness (QED) is 0.543. The summed E-state index contributed by atoms with van der Waals surface area (Å²) in [7, 11) is 0. The zero-order valence-corrected chi connectivity index (χ0v) is 15.2. The van der Waals surface area contributed by atoms with E-state index in [0.717, 1.165) is 22.5 Å². The lowest BCUT2D eigenvalue weighted by atomic mass is 10.1. The highest BCUT2D eigenvalue weighted by atomic mass is 16.1. The van der Waals surface area contributed by atoms with Gasteiger partial charge in [0.25, 0.3) is 5.56 Å². The van der Waals surface area contributed by atoms with E-state index in [1.165, 1.54) is 0 Å². The van der Waals surface area contributed by atoms with Crippen molar-refractivity contribution in [3.8, 4) is 11.8 Å². The van der Waals surface area contributed by atoms with E-state index in [4.69, 9.17) is 5.26 Å². The molecule has 0 aliphatic carbocycles. The van der Waals surface area contributed by atoms with Gasteiger partial charge in [0.05, 0.1) is 18.0 Å². The Morgan fingerprint density at radius 3 is 2.46 bits per heavy atom. The molecule has 4 aromatic rings. The minimum atomic E-state index is -0.0579. The number of para-hydroxylation sites is 1. The van der Waals surface area contributed by atoms with Crippen LogP contribution in [0.15, 0.2) is 90.2 Å². The average Bonchev–Trinajstić information content (AvgIpc) is 3.16. The Hall–Kier alpha value is -3.91. The van der Waals surface area contributed by atoms with Crippen molar-refractivity contribution in [2.24, 2.45) is 0 Å². The third-order valence-electron chi connectivity index (χ3n) is 4.64. The Balaban J connectivity index is 1.54. The molecule has 0 aliphatic rings. The number of pyridine rings is 1. The van der Waals surface area contributed by atoms with Crippen LogP contribution in [0.5, 0.6) is 0 Å². The van der Waals surface area contributed by atoms with E-state index in [1.807, 2.05) is 77.6 Å². The lowest BCUT2D eigenvalue weighted by Gasteiger charge is -2.10. The molecule has 0 atom stereocenters. The normalized spacial score (nSPS) is 10.5. The van der Waals surface area contributed by atoms with Gasteiger partial charge >= 0.3 is 0 Å². The summed E-state index contributed by atoms with van der Waals surface area (Å²) in [5.74, 6) is 0. The molecular weight excluding hydrogens is 348 g/mol. The fourth-order valence-corrected chi connectivity index (χ4v) is 3.16. The Bertz CT molecular complexity index is 1180. The summed E-state index contributed by atoms with van der Waals surface area (Å²) in [6.07, 6.45) is 6.14. The van der Waals surface area contributed by atoms with Crippen molar-refractivity contribution in [2.45, 2.75) is 13.0 Å². The maximum absolute atomic E-state index is 12.5. The van der Waals surface area contributed by atoms with Crippen LogP contribution in [0.2, 0.25) is 0 Å². The molecule has 0 N–H and O–H groups in total. The third kappa shape index (κ3) is 3.76. The highest BCUT2D eigenvalue weighted by molar-refractivity contribution is 5.34. The van der Waals surface area contributed by atoms with Crippen molar-refractivity contribution < 1.29 is 0 Å². The fraction of sp³-hybridized carbons (Fsp3) is 0.0870. The molecule has 4 rings (SSSR count). The molecule has 2 heterocycles. The monoisotopic (exact) mass is 366 g/mol. The molecule has 0 radical (unpaired) electrons. The van der Waals surface area contributed by atoms with Gasteiger partial charge in [0.2, 0.25) is 0 Å². The van der Waals surface area contributed by atoms with Gasteiger partial charge in [-0.3, -0.25) is 9.36 Å². The molecule has 0 aliphatic heterocycles. The van der Waals surface area contributed by atoms with Gasteiger partial charge in [-0.2, -0.15) is 5.26 Å². The number of aromatic nitrogens is 3. The van der Waals surface area contributed by atoms with E-state index in [-0.39, 0.29) is 5.56 Å². The molecule has 2 aromatic heterocycles. The van der Waals surface area contributed by atoms with Gasteiger partial charge in [-0.25, -0.2) is 4.98 Å². The summed E-state index contributed by atoms with van der Waals surface area (Å²) in [4.78, 5) is 16.8. The Labute approximate surface area is 162 Å². The molecule has 0 unspecified atom stereocenters. The number of rotatable bonds is 5.